The average molecular weight is 393 g/mol. The quantitative estimate of drug-likeness (QED) is 0.692. The molecule has 23 heavy (non-hydrogen) atoms. The molecule has 4 rings (SSSR count). The van der Waals surface area contributed by atoms with E-state index in [1.54, 1.807) is 0 Å². The maximum atomic E-state index is 5.84. The van der Waals surface area contributed by atoms with Gasteiger partial charge in [-0.25, -0.2) is 15.0 Å². The van der Waals surface area contributed by atoms with Crippen molar-refractivity contribution < 1.29 is 4.74 Å². The number of nitrogens with one attached hydrogen (secondary N) is 1. The highest BCUT2D eigenvalue weighted by atomic mass is 79.9. The fraction of sp³-hybridized carbons (Fsp3) is 0.214. The Morgan fingerprint density at radius 1 is 1.39 bits per heavy atom. The summed E-state index contributed by atoms with van der Waals surface area (Å²) in [5.74, 6) is 1.28. The topological polar surface area (TPSA) is 92.9 Å². The van der Waals surface area contributed by atoms with Crippen LogP contribution in [0.1, 0.15) is 0 Å². The van der Waals surface area contributed by atoms with E-state index < -0.39 is 0 Å². The van der Waals surface area contributed by atoms with Gasteiger partial charge in [0.15, 0.2) is 16.6 Å². The number of imidazole rings is 1. The lowest BCUT2D eigenvalue weighted by molar-refractivity contribution is 0.311. The summed E-state index contributed by atoms with van der Waals surface area (Å²) in [6.07, 6.45) is 1.41. The number of aromatic nitrogens is 4. The predicted octanol–water partition coefficient (Wildman–Crippen LogP) is 2.68. The first kappa shape index (κ1) is 14.6. The maximum Gasteiger partial charge on any atom is 0.183 e. The van der Waals surface area contributed by atoms with Crippen molar-refractivity contribution in [1.82, 2.24) is 19.9 Å². The fourth-order valence-electron chi connectivity index (χ4n) is 2.41. The third-order valence-electron chi connectivity index (χ3n) is 3.61. The summed E-state index contributed by atoms with van der Waals surface area (Å²) in [5.41, 5.74) is 8.13. The predicted molar refractivity (Wildman–Crippen MR) is 93.1 cm³/mol. The highest BCUT2D eigenvalue weighted by molar-refractivity contribution is 9.10. The lowest BCUT2D eigenvalue weighted by atomic mass is 10.2. The molecule has 3 heterocycles. The van der Waals surface area contributed by atoms with E-state index in [0.29, 0.717) is 28.7 Å². The number of hydrogen-bond donors (Lipinski definition) is 2. The van der Waals surface area contributed by atoms with Crippen LogP contribution in [0.4, 0.5) is 11.5 Å². The molecule has 1 aliphatic heterocycles. The largest absolute Gasteiger partial charge is 0.490 e. The number of H-pyrrole nitrogens is 1. The van der Waals surface area contributed by atoms with Crippen LogP contribution >= 0.6 is 27.7 Å². The van der Waals surface area contributed by atoms with Crippen LogP contribution in [0.15, 0.2) is 33.0 Å². The number of hydrogen-bond acceptors (Lipinski definition) is 7. The van der Waals surface area contributed by atoms with E-state index in [0.717, 1.165) is 27.3 Å². The molecule has 1 aromatic carbocycles. The summed E-state index contributed by atoms with van der Waals surface area (Å²) in [7, 11) is 2.06. The number of anilines is 2. The number of nitrogen functional groups attached to an aromatic ring is 1. The molecule has 0 atom stereocenters. The highest BCUT2D eigenvalue weighted by Crippen LogP contribution is 2.41. The third-order valence-corrected chi connectivity index (χ3v) is 5.47. The second-order valence-corrected chi connectivity index (χ2v) is 7.01. The van der Waals surface area contributed by atoms with Crippen molar-refractivity contribution >= 4 is 50.4 Å². The van der Waals surface area contributed by atoms with Crippen LogP contribution in [0.2, 0.25) is 0 Å². The van der Waals surface area contributed by atoms with Gasteiger partial charge in [-0.1, -0.05) is 11.8 Å². The van der Waals surface area contributed by atoms with Crippen molar-refractivity contribution in [1.29, 1.82) is 0 Å². The van der Waals surface area contributed by atoms with Gasteiger partial charge in [-0.15, -0.1) is 0 Å². The molecule has 0 radical (unpaired) electrons. The first-order chi connectivity index (χ1) is 11.1. The summed E-state index contributed by atoms with van der Waals surface area (Å²) in [5, 5.41) is 0.715. The van der Waals surface area contributed by atoms with Gasteiger partial charge in [-0.3, -0.25) is 0 Å². The van der Waals surface area contributed by atoms with Crippen LogP contribution in [-0.2, 0) is 0 Å². The number of fused-ring (bicyclic) bond motifs is 2. The van der Waals surface area contributed by atoms with E-state index in [1.807, 2.05) is 6.07 Å². The Balaban J connectivity index is 1.72. The zero-order valence-corrected chi connectivity index (χ0v) is 14.6. The zero-order chi connectivity index (χ0) is 16.0. The van der Waals surface area contributed by atoms with Crippen molar-refractivity contribution in [2.75, 3.05) is 30.8 Å². The molecule has 1 aliphatic rings. The molecule has 0 unspecified atom stereocenters. The SMILES string of the molecule is CN1CCOc2cc(Br)c(Sc3nc4ncnc(N)c4[nH]3)cc21. The van der Waals surface area contributed by atoms with Gasteiger partial charge in [0.2, 0.25) is 0 Å². The van der Waals surface area contributed by atoms with Crippen molar-refractivity contribution in [2.45, 2.75) is 10.1 Å². The van der Waals surface area contributed by atoms with Gasteiger partial charge in [0, 0.05) is 16.4 Å². The molecule has 118 valence electrons. The van der Waals surface area contributed by atoms with Gasteiger partial charge in [0.1, 0.15) is 24.2 Å². The second-order valence-electron chi connectivity index (χ2n) is 5.12. The van der Waals surface area contributed by atoms with Crippen LogP contribution in [0, 0.1) is 0 Å². The first-order valence-electron chi connectivity index (χ1n) is 6.93. The molecule has 0 fully saturated rings. The third kappa shape index (κ3) is 2.59. The van der Waals surface area contributed by atoms with Gasteiger partial charge < -0.3 is 20.4 Å². The smallest absolute Gasteiger partial charge is 0.183 e. The van der Waals surface area contributed by atoms with Gasteiger partial charge in [0.25, 0.3) is 0 Å². The lowest BCUT2D eigenvalue weighted by Crippen LogP contribution is -2.28. The lowest BCUT2D eigenvalue weighted by Gasteiger charge is -2.28. The number of rotatable bonds is 2. The summed E-state index contributed by atoms with van der Waals surface area (Å²) in [4.78, 5) is 18.9. The summed E-state index contributed by atoms with van der Waals surface area (Å²) in [6, 6.07) is 4.08. The van der Waals surface area contributed by atoms with Crippen molar-refractivity contribution in [2.24, 2.45) is 0 Å². The van der Waals surface area contributed by atoms with Gasteiger partial charge >= 0.3 is 0 Å². The molecule has 0 aliphatic carbocycles. The summed E-state index contributed by atoms with van der Waals surface area (Å²) < 4.78 is 6.66. The van der Waals surface area contributed by atoms with Crippen molar-refractivity contribution in [3.63, 3.8) is 0 Å². The fourth-order valence-corrected chi connectivity index (χ4v) is 3.79. The number of halogens is 1. The number of nitrogens with two attached hydrogens (primary N) is 1. The molecule has 7 nitrogen and oxygen atoms in total. The molecular formula is C14H13BrN6OS. The van der Waals surface area contributed by atoms with Crippen LogP contribution in [0.3, 0.4) is 0 Å². The van der Waals surface area contributed by atoms with E-state index in [4.69, 9.17) is 10.5 Å². The Kier molecular flexibility index (Phi) is 3.53. The average Bonchev–Trinajstić information content (AvgIpc) is 2.93. The van der Waals surface area contributed by atoms with E-state index in [9.17, 15) is 0 Å². The Bertz CT molecular complexity index is 898. The number of ether oxygens (including phenoxy) is 1. The minimum Gasteiger partial charge on any atom is -0.490 e. The minimum atomic E-state index is 0.395. The number of aromatic amines is 1. The van der Waals surface area contributed by atoms with Crippen LogP contribution in [0.25, 0.3) is 11.2 Å². The molecular weight excluding hydrogens is 380 g/mol. The van der Waals surface area contributed by atoms with E-state index in [2.05, 4.69) is 53.9 Å². The maximum absolute atomic E-state index is 5.84. The van der Waals surface area contributed by atoms with Gasteiger partial charge in [-0.05, 0) is 28.1 Å². The van der Waals surface area contributed by atoms with E-state index in [-0.39, 0.29) is 0 Å². The Hall–Kier alpha value is -2.00. The molecule has 9 heteroatoms. The molecule has 3 N–H and O–H groups in total. The summed E-state index contributed by atoms with van der Waals surface area (Å²) in [6.45, 7) is 1.57. The molecule has 0 spiro atoms. The van der Waals surface area contributed by atoms with E-state index >= 15 is 0 Å². The van der Waals surface area contributed by atoms with Gasteiger partial charge in [-0.2, -0.15) is 0 Å². The zero-order valence-electron chi connectivity index (χ0n) is 12.2. The van der Waals surface area contributed by atoms with Crippen LogP contribution in [0.5, 0.6) is 5.75 Å². The number of likely N-dealkylation sites (N-methyl/N-ethyl adjacent to an activating group) is 1. The van der Waals surface area contributed by atoms with Crippen LogP contribution in [-0.4, -0.2) is 40.1 Å². The normalized spacial score (nSPS) is 13.9. The Labute approximate surface area is 144 Å². The highest BCUT2D eigenvalue weighted by Gasteiger charge is 2.19. The summed E-state index contributed by atoms with van der Waals surface area (Å²) >= 11 is 5.10. The molecule has 2 aromatic heterocycles. The van der Waals surface area contributed by atoms with Crippen molar-refractivity contribution in [3.8, 4) is 5.75 Å². The van der Waals surface area contributed by atoms with Crippen molar-refractivity contribution in [3.05, 3.63) is 22.9 Å². The monoisotopic (exact) mass is 392 g/mol. The van der Waals surface area contributed by atoms with Crippen LogP contribution < -0.4 is 15.4 Å². The standard InChI is InChI=1S/C14H13BrN6OS/c1-21-2-3-22-9-4-7(15)10(5-8(9)21)23-14-19-11-12(16)17-6-18-13(11)20-14/h4-6H,2-3H2,1H3,(H3,16,17,18,19,20). The number of nitrogens with zero attached hydrogens (tertiary/aromatic N) is 4. The molecule has 0 amide bonds. The Morgan fingerprint density at radius 3 is 3.09 bits per heavy atom. The van der Waals surface area contributed by atoms with Gasteiger partial charge in [0.05, 0.1) is 12.2 Å². The minimum absolute atomic E-state index is 0.395. The second kappa shape index (κ2) is 5.57. The van der Waals surface area contributed by atoms with E-state index in [1.165, 1.54) is 18.1 Å². The molecule has 0 saturated carbocycles. The first-order valence-corrected chi connectivity index (χ1v) is 8.54. The molecule has 0 bridgehead atoms. The Morgan fingerprint density at radius 2 is 2.26 bits per heavy atom. The molecule has 0 saturated heterocycles. The number of benzene rings is 1. The molecule has 3 aromatic rings.